The Bertz CT molecular complexity index is 990. The summed E-state index contributed by atoms with van der Waals surface area (Å²) < 4.78 is 35.2. The van der Waals surface area contributed by atoms with E-state index in [1.807, 2.05) is 6.07 Å². The van der Waals surface area contributed by atoms with E-state index in [1.54, 1.807) is 36.4 Å². The molecule has 0 radical (unpaired) electrons. The summed E-state index contributed by atoms with van der Waals surface area (Å²) in [6.07, 6.45) is 4.09. The van der Waals surface area contributed by atoms with E-state index in [-0.39, 0.29) is 12.4 Å². The lowest BCUT2D eigenvalue weighted by Crippen LogP contribution is -2.09. The molecule has 0 aliphatic heterocycles. The SMILES string of the molecule is COc1cc(/C=C/C(=O)c2ccc(NS(C)(=O)=O)cc2)ccc1OCC#N. The van der Waals surface area contributed by atoms with Crippen LogP contribution in [-0.4, -0.2) is 34.2 Å². The third-order valence-corrected chi connectivity index (χ3v) is 3.99. The predicted molar refractivity (Wildman–Crippen MR) is 102 cm³/mol. The monoisotopic (exact) mass is 386 g/mol. The lowest BCUT2D eigenvalue weighted by Gasteiger charge is -2.08. The van der Waals surface area contributed by atoms with Crippen LogP contribution in [0.15, 0.2) is 48.5 Å². The van der Waals surface area contributed by atoms with Gasteiger partial charge in [-0.25, -0.2) is 8.42 Å². The number of benzene rings is 2. The number of carbonyl (C=O) groups is 1. The minimum absolute atomic E-state index is 0.0891. The Kier molecular flexibility index (Phi) is 6.57. The molecule has 0 heterocycles. The minimum atomic E-state index is -3.36. The minimum Gasteiger partial charge on any atom is -0.493 e. The summed E-state index contributed by atoms with van der Waals surface area (Å²) in [5, 5.41) is 8.57. The molecule has 0 aliphatic carbocycles. The summed E-state index contributed by atoms with van der Waals surface area (Å²) in [4.78, 5) is 12.3. The lowest BCUT2D eigenvalue weighted by molar-refractivity contribution is 0.104. The van der Waals surface area contributed by atoms with Gasteiger partial charge in [0, 0.05) is 11.3 Å². The highest BCUT2D eigenvalue weighted by Crippen LogP contribution is 2.28. The highest BCUT2D eigenvalue weighted by molar-refractivity contribution is 7.92. The summed E-state index contributed by atoms with van der Waals surface area (Å²) in [5.41, 5.74) is 1.53. The Morgan fingerprint density at radius 1 is 1.19 bits per heavy atom. The first-order valence-electron chi connectivity index (χ1n) is 7.80. The highest BCUT2D eigenvalue weighted by atomic mass is 32.2. The van der Waals surface area contributed by atoms with Crippen molar-refractivity contribution in [2.45, 2.75) is 0 Å². The number of ether oxygens (including phenoxy) is 2. The van der Waals surface area contributed by atoms with Crippen LogP contribution in [0.5, 0.6) is 11.5 Å². The number of hydrogen-bond acceptors (Lipinski definition) is 6. The van der Waals surface area contributed by atoms with Crippen LogP contribution >= 0.6 is 0 Å². The predicted octanol–water partition coefficient (Wildman–Crippen LogP) is 2.87. The zero-order chi connectivity index (χ0) is 19.9. The van der Waals surface area contributed by atoms with Gasteiger partial charge in [0.1, 0.15) is 6.07 Å². The normalized spacial score (nSPS) is 11.0. The Morgan fingerprint density at radius 2 is 1.89 bits per heavy atom. The third kappa shape index (κ3) is 6.17. The average Bonchev–Trinajstić information content (AvgIpc) is 2.64. The van der Waals surface area contributed by atoms with Crippen molar-refractivity contribution >= 4 is 27.6 Å². The molecule has 0 bridgehead atoms. The maximum Gasteiger partial charge on any atom is 0.229 e. The number of carbonyl (C=O) groups excluding carboxylic acids is 1. The Labute approximate surface area is 157 Å². The van der Waals surface area contributed by atoms with E-state index in [0.29, 0.717) is 22.7 Å². The first kappa shape index (κ1) is 20.0. The smallest absolute Gasteiger partial charge is 0.229 e. The summed E-state index contributed by atoms with van der Waals surface area (Å²) in [7, 11) is -1.88. The van der Waals surface area contributed by atoms with Crippen molar-refractivity contribution < 1.29 is 22.7 Å². The number of nitrogens with one attached hydrogen (secondary N) is 1. The Morgan fingerprint density at radius 3 is 2.48 bits per heavy atom. The number of nitriles is 1. The molecule has 0 fully saturated rings. The summed E-state index contributed by atoms with van der Waals surface area (Å²) >= 11 is 0. The average molecular weight is 386 g/mol. The lowest BCUT2D eigenvalue weighted by atomic mass is 10.1. The Balaban J connectivity index is 2.11. The molecule has 0 aromatic heterocycles. The van der Waals surface area contributed by atoms with Crippen molar-refractivity contribution in [3.05, 3.63) is 59.7 Å². The molecule has 1 N–H and O–H groups in total. The second-order valence-electron chi connectivity index (χ2n) is 5.51. The largest absolute Gasteiger partial charge is 0.493 e. The summed E-state index contributed by atoms with van der Waals surface area (Å²) in [6, 6.07) is 13.1. The quantitative estimate of drug-likeness (QED) is 0.552. The fraction of sp³-hybridized carbons (Fsp3) is 0.158. The molecule has 140 valence electrons. The molecule has 0 saturated carbocycles. The molecule has 27 heavy (non-hydrogen) atoms. The molecule has 0 aliphatic rings. The molecular formula is C19H18N2O5S. The number of ketones is 1. The third-order valence-electron chi connectivity index (χ3n) is 3.38. The van der Waals surface area contributed by atoms with Crippen molar-refractivity contribution in [3.63, 3.8) is 0 Å². The molecule has 2 aromatic rings. The van der Waals surface area contributed by atoms with Crippen molar-refractivity contribution in [1.29, 1.82) is 5.26 Å². The van der Waals surface area contributed by atoms with Crippen molar-refractivity contribution in [3.8, 4) is 17.6 Å². The van der Waals surface area contributed by atoms with E-state index in [4.69, 9.17) is 14.7 Å². The van der Waals surface area contributed by atoms with Crippen molar-refractivity contribution in [2.75, 3.05) is 24.7 Å². The van der Waals surface area contributed by atoms with Gasteiger partial charge in [-0.2, -0.15) is 5.26 Å². The van der Waals surface area contributed by atoms with E-state index >= 15 is 0 Å². The number of sulfonamides is 1. The van der Waals surface area contributed by atoms with Gasteiger partial charge < -0.3 is 9.47 Å². The van der Waals surface area contributed by atoms with Crippen LogP contribution in [0, 0.1) is 11.3 Å². The van der Waals surface area contributed by atoms with Crippen LogP contribution in [0.2, 0.25) is 0 Å². The van der Waals surface area contributed by atoms with Crippen LogP contribution in [0.4, 0.5) is 5.69 Å². The van der Waals surface area contributed by atoms with Gasteiger partial charge in [-0.15, -0.1) is 0 Å². The van der Waals surface area contributed by atoms with E-state index < -0.39 is 10.0 Å². The van der Waals surface area contributed by atoms with Gasteiger partial charge >= 0.3 is 0 Å². The molecular weight excluding hydrogens is 368 g/mol. The van der Waals surface area contributed by atoms with E-state index in [9.17, 15) is 13.2 Å². The summed E-state index contributed by atoms with van der Waals surface area (Å²) in [5.74, 6) is 0.664. The molecule has 0 saturated heterocycles. The zero-order valence-electron chi connectivity index (χ0n) is 14.8. The maximum absolute atomic E-state index is 12.3. The van der Waals surface area contributed by atoms with Gasteiger partial charge in [-0.3, -0.25) is 9.52 Å². The van der Waals surface area contributed by atoms with Gasteiger partial charge in [0.05, 0.1) is 13.4 Å². The molecule has 8 heteroatoms. The standard InChI is InChI=1S/C19H18N2O5S/c1-25-19-13-14(4-10-18(19)26-12-11-20)3-9-17(22)15-5-7-16(8-6-15)21-27(2,23)24/h3-10,13,21H,12H2,1-2H3/b9-3+. The van der Waals surface area contributed by atoms with E-state index in [2.05, 4.69) is 4.72 Å². The van der Waals surface area contributed by atoms with Crippen LogP contribution in [0.25, 0.3) is 6.08 Å². The number of methoxy groups -OCH3 is 1. The molecule has 0 amide bonds. The number of hydrogen-bond donors (Lipinski definition) is 1. The maximum atomic E-state index is 12.3. The molecule has 0 unspecified atom stereocenters. The van der Waals surface area contributed by atoms with Crippen molar-refractivity contribution in [1.82, 2.24) is 0 Å². The zero-order valence-corrected chi connectivity index (χ0v) is 15.6. The number of allylic oxidation sites excluding steroid dienone is 1. The van der Waals surface area contributed by atoms with Crippen LogP contribution in [0.1, 0.15) is 15.9 Å². The number of nitrogens with zero attached hydrogens (tertiary/aromatic N) is 1. The second-order valence-corrected chi connectivity index (χ2v) is 7.25. The highest BCUT2D eigenvalue weighted by Gasteiger charge is 2.07. The van der Waals surface area contributed by atoms with Crippen LogP contribution < -0.4 is 14.2 Å². The van der Waals surface area contributed by atoms with Gasteiger partial charge in [-0.1, -0.05) is 12.1 Å². The molecule has 2 aromatic carbocycles. The first-order chi connectivity index (χ1) is 12.8. The summed E-state index contributed by atoms with van der Waals surface area (Å²) in [6.45, 7) is -0.0891. The van der Waals surface area contributed by atoms with Gasteiger partial charge in [0.15, 0.2) is 23.9 Å². The van der Waals surface area contributed by atoms with Crippen LogP contribution in [0.3, 0.4) is 0 Å². The van der Waals surface area contributed by atoms with Gasteiger partial charge in [0.2, 0.25) is 10.0 Å². The van der Waals surface area contributed by atoms with Gasteiger partial charge in [-0.05, 0) is 48.0 Å². The Hall–Kier alpha value is -3.31. The fourth-order valence-corrected chi connectivity index (χ4v) is 2.77. The molecule has 7 nitrogen and oxygen atoms in total. The number of anilines is 1. The van der Waals surface area contributed by atoms with Crippen molar-refractivity contribution in [2.24, 2.45) is 0 Å². The van der Waals surface area contributed by atoms with E-state index in [0.717, 1.165) is 11.8 Å². The van der Waals surface area contributed by atoms with Gasteiger partial charge in [0.25, 0.3) is 0 Å². The van der Waals surface area contributed by atoms with E-state index in [1.165, 1.54) is 25.3 Å². The second kappa shape index (κ2) is 8.87. The molecule has 0 spiro atoms. The fourth-order valence-electron chi connectivity index (χ4n) is 2.20. The topological polar surface area (TPSA) is 105 Å². The molecule has 0 atom stereocenters. The first-order valence-corrected chi connectivity index (χ1v) is 9.69. The van der Waals surface area contributed by atoms with Crippen LogP contribution in [-0.2, 0) is 10.0 Å². The number of rotatable bonds is 8. The molecule has 2 rings (SSSR count).